The molecule has 1 aliphatic rings. The molecule has 0 radical (unpaired) electrons. The van der Waals surface area contributed by atoms with Crippen LogP contribution in [0.25, 0.3) is 11.4 Å². The lowest BCUT2D eigenvalue weighted by Gasteiger charge is -2.16. The maximum Gasteiger partial charge on any atom is 0.414 e. The quantitative estimate of drug-likeness (QED) is 0.493. The second-order valence-corrected chi connectivity index (χ2v) is 8.05. The third-order valence-electron chi connectivity index (χ3n) is 5.40. The highest BCUT2D eigenvalue weighted by molar-refractivity contribution is 5.99. The second kappa shape index (κ2) is 9.77. The van der Waals surface area contributed by atoms with E-state index in [9.17, 15) is 14.0 Å². The van der Waals surface area contributed by atoms with Gasteiger partial charge in [0, 0.05) is 30.2 Å². The van der Waals surface area contributed by atoms with Crippen molar-refractivity contribution in [3.05, 3.63) is 59.9 Å². The van der Waals surface area contributed by atoms with Gasteiger partial charge < -0.3 is 15.5 Å². The number of carbonyl (C=O) groups excluding carboxylic acids is 2. The fraction of sp³-hybridized carbons (Fsp3) is 0.304. The normalized spacial score (nSPS) is 16.3. The van der Waals surface area contributed by atoms with Gasteiger partial charge in [-0.25, -0.2) is 9.18 Å². The number of aromatic nitrogens is 4. The van der Waals surface area contributed by atoms with Crippen molar-refractivity contribution < 1.29 is 18.7 Å². The van der Waals surface area contributed by atoms with Crippen LogP contribution in [0.4, 0.5) is 14.9 Å². The van der Waals surface area contributed by atoms with Crippen LogP contribution in [0.3, 0.4) is 0 Å². The number of ether oxygens (including phenoxy) is 1. The summed E-state index contributed by atoms with van der Waals surface area (Å²) in [4.78, 5) is 26.0. The molecule has 2 atom stereocenters. The predicted octanol–water partition coefficient (Wildman–Crippen LogP) is 2.96. The third-order valence-corrected chi connectivity index (χ3v) is 5.40. The average Bonchev–Trinajstić information content (AvgIpc) is 3.45. The van der Waals surface area contributed by atoms with Crippen molar-refractivity contribution in [2.45, 2.75) is 32.4 Å². The Morgan fingerprint density at radius 1 is 1.29 bits per heavy atom. The number of benzene rings is 2. The molecule has 2 amide bonds. The van der Waals surface area contributed by atoms with Gasteiger partial charge in [0.1, 0.15) is 11.9 Å². The van der Waals surface area contributed by atoms with E-state index in [2.05, 4.69) is 20.7 Å². The fourth-order valence-corrected chi connectivity index (χ4v) is 3.61. The fourth-order valence-electron chi connectivity index (χ4n) is 3.61. The minimum absolute atomic E-state index is 0.0719. The predicted molar refractivity (Wildman–Crippen MR) is 122 cm³/mol. The maximum absolute atomic E-state index is 14.9. The monoisotopic (exact) mass is 465 g/mol. The Balaban J connectivity index is 1.41. The summed E-state index contributed by atoms with van der Waals surface area (Å²) >= 11 is 0. The Hall–Kier alpha value is -4.15. The molecule has 176 valence electrons. The van der Waals surface area contributed by atoms with E-state index in [4.69, 9.17) is 10.1 Å². The van der Waals surface area contributed by atoms with E-state index in [1.54, 1.807) is 6.07 Å². The van der Waals surface area contributed by atoms with E-state index in [0.29, 0.717) is 11.5 Å². The molecule has 1 saturated heterocycles. The van der Waals surface area contributed by atoms with Gasteiger partial charge >= 0.3 is 6.09 Å². The van der Waals surface area contributed by atoms with Crippen molar-refractivity contribution in [3.8, 4) is 11.4 Å². The highest BCUT2D eigenvalue weighted by atomic mass is 19.1. The van der Waals surface area contributed by atoms with Gasteiger partial charge in [-0.1, -0.05) is 30.3 Å². The number of hydrogen-bond donors (Lipinski definition) is 2. The lowest BCUT2D eigenvalue weighted by molar-refractivity contribution is -0.119. The zero-order valence-corrected chi connectivity index (χ0v) is 18.7. The van der Waals surface area contributed by atoms with Gasteiger partial charge in [-0.3, -0.25) is 9.69 Å². The smallest absolute Gasteiger partial charge is 0.414 e. The Labute approximate surface area is 195 Å². The number of hydrogen-bond acceptors (Lipinski definition) is 7. The first-order chi connectivity index (χ1) is 16.3. The molecule has 2 heterocycles. The van der Waals surface area contributed by atoms with Gasteiger partial charge in [-0.05, 0) is 30.3 Å². The van der Waals surface area contributed by atoms with Crippen LogP contribution in [0.1, 0.15) is 31.9 Å². The molecule has 1 aliphatic heterocycles. The van der Waals surface area contributed by atoms with Gasteiger partial charge in [0.15, 0.2) is 0 Å². The molecule has 0 spiro atoms. The Bertz CT molecular complexity index is 1210. The minimum Gasteiger partial charge on any atom is -0.442 e. The molecular weight excluding hydrogens is 441 g/mol. The van der Waals surface area contributed by atoms with Crippen LogP contribution in [0.2, 0.25) is 0 Å². The lowest BCUT2D eigenvalue weighted by Crippen LogP contribution is -2.33. The molecule has 3 aromatic rings. The molecule has 0 bridgehead atoms. The van der Waals surface area contributed by atoms with Gasteiger partial charge in [0.2, 0.25) is 11.7 Å². The number of tetrazole rings is 1. The standard InChI is InChI=1S/C23H24FN7O3/c1-14(31-28-22(27-29-31)16-6-4-3-5-7-16)10-21(25)19-9-8-17(11-20(19)24)30-13-18(34-23(30)33)12-26-15(2)32/h3-9,11,14,18,25H,10,12-13H2,1-2H3,(H,26,32)/t14-,18-/m0/s1. The number of cyclic esters (lactones) is 1. The molecular formula is C23H24FN7O3. The lowest BCUT2D eigenvalue weighted by atomic mass is 10.0. The molecule has 0 saturated carbocycles. The van der Waals surface area contributed by atoms with Gasteiger partial charge in [0.25, 0.3) is 0 Å². The van der Waals surface area contributed by atoms with Crippen molar-refractivity contribution in [2.24, 2.45) is 0 Å². The molecule has 11 heteroatoms. The summed E-state index contributed by atoms with van der Waals surface area (Å²) in [6, 6.07) is 13.3. The largest absolute Gasteiger partial charge is 0.442 e. The summed E-state index contributed by atoms with van der Waals surface area (Å²) in [6.07, 6.45) is -0.947. The molecule has 1 fully saturated rings. The molecule has 0 unspecified atom stereocenters. The maximum atomic E-state index is 14.9. The van der Waals surface area contributed by atoms with Crippen LogP contribution in [0.15, 0.2) is 48.5 Å². The molecule has 1 aromatic heterocycles. The van der Waals surface area contributed by atoms with Gasteiger partial charge in [0.05, 0.1) is 24.8 Å². The van der Waals surface area contributed by atoms with Crippen molar-refractivity contribution in [2.75, 3.05) is 18.0 Å². The van der Waals surface area contributed by atoms with Crippen molar-refractivity contribution >= 4 is 23.4 Å². The molecule has 0 aliphatic carbocycles. The number of anilines is 1. The van der Waals surface area contributed by atoms with E-state index in [0.717, 1.165) is 5.56 Å². The summed E-state index contributed by atoms with van der Waals surface area (Å²) in [7, 11) is 0. The van der Waals surface area contributed by atoms with Crippen LogP contribution in [-0.4, -0.2) is 57.1 Å². The van der Waals surface area contributed by atoms with E-state index in [1.165, 1.54) is 28.8 Å². The van der Waals surface area contributed by atoms with Crippen LogP contribution in [-0.2, 0) is 9.53 Å². The summed E-state index contributed by atoms with van der Waals surface area (Å²) in [6.45, 7) is 3.57. The van der Waals surface area contributed by atoms with E-state index >= 15 is 0 Å². The van der Waals surface area contributed by atoms with Gasteiger partial charge in [-0.2, -0.15) is 4.80 Å². The molecule has 4 rings (SSSR count). The van der Waals surface area contributed by atoms with E-state index in [1.807, 2.05) is 37.3 Å². The summed E-state index contributed by atoms with van der Waals surface area (Å²) < 4.78 is 20.1. The zero-order chi connectivity index (χ0) is 24.2. The van der Waals surface area contributed by atoms with Crippen LogP contribution in [0, 0.1) is 11.2 Å². The topological polar surface area (TPSA) is 126 Å². The van der Waals surface area contributed by atoms with E-state index in [-0.39, 0.29) is 42.7 Å². The number of rotatable bonds is 8. The summed E-state index contributed by atoms with van der Waals surface area (Å²) in [5.41, 5.74) is 1.35. The zero-order valence-electron chi connectivity index (χ0n) is 18.7. The minimum atomic E-state index is -0.621. The number of halogens is 1. The number of nitrogens with one attached hydrogen (secondary N) is 2. The molecule has 2 aromatic carbocycles. The molecule has 10 nitrogen and oxygen atoms in total. The summed E-state index contributed by atoms with van der Waals surface area (Å²) in [5, 5.41) is 23.5. The van der Waals surface area contributed by atoms with Crippen LogP contribution in [0.5, 0.6) is 0 Å². The Morgan fingerprint density at radius 2 is 2.06 bits per heavy atom. The molecule has 2 N–H and O–H groups in total. The van der Waals surface area contributed by atoms with Crippen LogP contribution < -0.4 is 10.2 Å². The first-order valence-electron chi connectivity index (χ1n) is 10.8. The van der Waals surface area contributed by atoms with Gasteiger partial charge in [-0.15, -0.1) is 10.2 Å². The Morgan fingerprint density at radius 3 is 2.76 bits per heavy atom. The van der Waals surface area contributed by atoms with Crippen LogP contribution >= 0.6 is 0 Å². The molecule has 34 heavy (non-hydrogen) atoms. The number of amides is 2. The Kier molecular flexibility index (Phi) is 6.62. The first kappa shape index (κ1) is 23.0. The average molecular weight is 465 g/mol. The highest BCUT2D eigenvalue weighted by Gasteiger charge is 2.33. The summed E-state index contributed by atoms with van der Waals surface area (Å²) in [5.74, 6) is -0.372. The number of carbonyl (C=O) groups is 2. The third kappa shape index (κ3) is 5.08. The van der Waals surface area contributed by atoms with Crippen molar-refractivity contribution in [1.82, 2.24) is 25.5 Å². The number of nitrogens with zero attached hydrogens (tertiary/aromatic N) is 5. The van der Waals surface area contributed by atoms with E-state index < -0.39 is 18.0 Å². The second-order valence-electron chi connectivity index (χ2n) is 8.05. The SMILES string of the molecule is CC(=O)NC[C@H]1CN(c2ccc(C(=N)C[C@H](C)n3nnc(-c4ccccc4)n3)c(F)c2)C(=O)O1. The highest BCUT2D eigenvalue weighted by Crippen LogP contribution is 2.25. The first-order valence-corrected chi connectivity index (χ1v) is 10.8. The van der Waals surface area contributed by atoms with Crippen molar-refractivity contribution in [1.29, 1.82) is 5.41 Å². The van der Waals surface area contributed by atoms with Crippen molar-refractivity contribution in [3.63, 3.8) is 0 Å².